The predicted octanol–water partition coefficient (Wildman–Crippen LogP) is 2.61. The van der Waals surface area contributed by atoms with Gasteiger partial charge in [0.05, 0.1) is 0 Å². The molecule has 0 aromatic rings. The Morgan fingerprint density at radius 1 is 0.857 bits per heavy atom. The van der Waals surface area contributed by atoms with Gasteiger partial charge < -0.3 is 9.96 Å². The first-order chi connectivity index (χ1) is 6.33. The highest BCUT2D eigenvalue weighted by Crippen LogP contribution is 2.57. The van der Waals surface area contributed by atoms with Crippen LogP contribution >= 0.6 is 0 Å². The number of rotatable bonds is 2. The first-order valence-corrected chi connectivity index (χ1v) is 7.71. The summed E-state index contributed by atoms with van der Waals surface area (Å²) < 4.78 is 0. The van der Waals surface area contributed by atoms with Gasteiger partial charge in [0, 0.05) is 0 Å². The van der Waals surface area contributed by atoms with Crippen LogP contribution in [0.1, 0.15) is 47.0 Å². The lowest BCUT2D eigenvalue weighted by Crippen LogP contribution is -2.73. The van der Waals surface area contributed by atoms with E-state index in [9.17, 15) is 0 Å². The summed E-state index contributed by atoms with van der Waals surface area (Å²) in [5, 5.41) is 0.885. The predicted molar refractivity (Wildman–Crippen MR) is 65.8 cm³/mol. The van der Waals surface area contributed by atoms with Crippen molar-refractivity contribution in [1.29, 1.82) is 0 Å². The van der Waals surface area contributed by atoms with Gasteiger partial charge in [0.2, 0.25) is 8.40 Å². The minimum Gasteiger partial charge on any atom is -0.327 e. The van der Waals surface area contributed by atoms with Crippen LogP contribution in [0.15, 0.2) is 0 Å². The zero-order valence-electron chi connectivity index (χ0n) is 10.6. The van der Waals surface area contributed by atoms with E-state index >= 15 is 0 Å². The van der Waals surface area contributed by atoms with E-state index in [0.717, 1.165) is 0 Å². The topological polar surface area (TPSA) is 24.1 Å². The SMILES string of the molecule is CN[Si]1(NC)C(C)(C)CCCC1(C)C. The molecular weight excluding hydrogens is 188 g/mol. The standard InChI is InChI=1S/C11H26N2Si/c1-10(2)8-7-9-11(3,4)14(10,12-5)13-6/h12-13H,7-9H2,1-6H3. The van der Waals surface area contributed by atoms with Gasteiger partial charge in [-0.2, -0.15) is 0 Å². The molecule has 0 spiro atoms. The minimum atomic E-state index is -1.59. The molecule has 0 aliphatic carbocycles. The molecule has 0 radical (unpaired) electrons. The van der Waals surface area contributed by atoms with Crippen LogP contribution in [0, 0.1) is 0 Å². The average molecular weight is 214 g/mol. The van der Waals surface area contributed by atoms with E-state index < -0.39 is 8.40 Å². The second-order valence-corrected chi connectivity index (χ2v) is 11.1. The van der Waals surface area contributed by atoms with Crippen molar-refractivity contribution < 1.29 is 0 Å². The first-order valence-electron chi connectivity index (χ1n) is 5.71. The van der Waals surface area contributed by atoms with Crippen LogP contribution in [0.3, 0.4) is 0 Å². The van der Waals surface area contributed by atoms with Crippen molar-refractivity contribution in [2.75, 3.05) is 14.1 Å². The van der Waals surface area contributed by atoms with Gasteiger partial charge in [-0.15, -0.1) is 0 Å². The van der Waals surface area contributed by atoms with E-state index in [-0.39, 0.29) is 0 Å². The third-order valence-corrected chi connectivity index (χ3v) is 10.4. The van der Waals surface area contributed by atoms with Gasteiger partial charge >= 0.3 is 0 Å². The smallest absolute Gasteiger partial charge is 0.212 e. The van der Waals surface area contributed by atoms with E-state index in [1.54, 1.807) is 0 Å². The molecule has 0 unspecified atom stereocenters. The van der Waals surface area contributed by atoms with Crippen molar-refractivity contribution in [2.45, 2.75) is 57.0 Å². The summed E-state index contributed by atoms with van der Waals surface area (Å²) in [6.07, 6.45) is 4.08. The van der Waals surface area contributed by atoms with Crippen molar-refractivity contribution in [3.63, 3.8) is 0 Å². The van der Waals surface area contributed by atoms with Gasteiger partial charge in [0.25, 0.3) is 0 Å². The third kappa shape index (κ3) is 1.46. The van der Waals surface area contributed by atoms with Gasteiger partial charge in [-0.3, -0.25) is 0 Å². The maximum absolute atomic E-state index is 3.68. The molecule has 1 aliphatic rings. The second kappa shape index (κ2) is 3.61. The maximum Gasteiger partial charge on any atom is 0.212 e. The summed E-state index contributed by atoms with van der Waals surface area (Å²) >= 11 is 0. The Hall–Kier alpha value is 0.137. The lowest BCUT2D eigenvalue weighted by atomic mass is 9.97. The Kier molecular flexibility index (Phi) is 3.15. The molecule has 3 heteroatoms. The normalized spacial score (nSPS) is 28.7. The molecule has 1 heterocycles. The van der Waals surface area contributed by atoms with Crippen molar-refractivity contribution in [3.05, 3.63) is 0 Å². The van der Waals surface area contributed by atoms with Gasteiger partial charge in [-0.05, 0) is 37.0 Å². The molecule has 1 aliphatic heterocycles. The number of hydrogen-bond donors (Lipinski definition) is 2. The zero-order valence-corrected chi connectivity index (χ0v) is 11.6. The summed E-state index contributed by atoms with van der Waals surface area (Å²) in [5.41, 5.74) is 0. The van der Waals surface area contributed by atoms with Crippen molar-refractivity contribution in [3.8, 4) is 0 Å². The largest absolute Gasteiger partial charge is 0.327 e. The van der Waals surface area contributed by atoms with Crippen molar-refractivity contribution >= 4 is 8.40 Å². The summed E-state index contributed by atoms with van der Waals surface area (Å²) in [7, 11) is 2.69. The monoisotopic (exact) mass is 214 g/mol. The molecule has 0 atom stereocenters. The van der Waals surface area contributed by atoms with Crippen LogP contribution in [-0.2, 0) is 0 Å². The third-order valence-electron chi connectivity index (χ3n) is 4.38. The van der Waals surface area contributed by atoms with Crippen LogP contribution in [0.2, 0.25) is 10.1 Å². The molecule has 0 bridgehead atoms. The first kappa shape index (κ1) is 12.2. The second-order valence-electron chi connectivity index (χ2n) is 5.87. The molecule has 84 valence electrons. The molecule has 1 fully saturated rings. The molecule has 1 rings (SSSR count). The maximum atomic E-state index is 3.68. The molecule has 14 heavy (non-hydrogen) atoms. The lowest BCUT2D eigenvalue weighted by Gasteiger charge is -2.57. The highest BCUT2D eigenvalue weighted by molar-refractivity contribution is 6.80. The average Bonchev–Trinajstić information content (AvgIpc) is 2.03. The Labute approximate surface area is 90.0 Å². The van der Waals surface area contributed by atoms with E-state index in [1.165, 1.54) is 19.3 Å². The Balaban J connectivity index is 3.13. The van der Waals surface area contributed by atoms with Gasteiger partial charge in [-0.1, -0.05) is 34.1 Å². The summed E-state index contributed by atoms with van der Waals surface area (Å²) in [4.78, 5) is 7.35. The van der Waals surface area contributed by atoms with Crippen molar-refractivity contribution in [1.82, 2.24) is 9.96 Å². The Morgan fingerprint density at radius 2 is 1.21 bits per heavy atom. The molecule has 2 nitrogen and oxygen atoms in total. The van der Waals surface area contributed by atoms with E-state index in [2.05, 4.69) is 51.8 Å². The molecular formula is C11H26N2Si. The van der Waals surface area contributed by atoms with Gasteiger partial charge in [0.15, 0.2) is 0 Å². The quantitative estimate of drug-likeness (QED) is 0.691. The van der Waals surface area contributed by atoms with E-state index in [4.69, 9.17) is 0 Å². The molecule has 1 saturated heterocycles. The van der Waals surface area contributed by atoms with Crippen LogP contribution in [0.5, 0.6) is 0 Å². The molecule has 0 amide bonds. The molecule has 0 aromatic carbocycles. The van der Waals surface area contributed by atoms with Gasteiger partial charge in [-0.25, -0.2) is 0 Å². The zero-order chi connectivity index (χ0) is 11.0. The Morgan fingerprint density at radius 3 is 1.43 bits per heavy atom. The summed E-state index contributed by atoms with van der Waals surface area (Å²) in [5.74, 6) is 0. The van der Waals surface area contributed by atoms with Crippen LogP contribution in [-0.4, -0.2) is 22.5 Å². The van der Waals surface area contributed by atoms with Crippen LogP contribution < -0.4 is 9.96 Å². The van der Waals surface area contributed by atoms with Crippen LogP contribution in [0.25, 0.3) is 0 Å². The molecule has 0 saturated carbocycles. The molecule has 2 N–H and O–H groups in total. The Bertz CT molecular complexity index is 189. The molecule has 0 aromatic heterocycles. The van der Waals surface area contributed by atoms with Gasteiger partial charge in [0.1, 0.15) is 0 Å². The number of hydrogen-bond acceptors (Lipinski definition) is 2. The van der Waals surface area contributed by atoms with E-state index in [0.29, 0.717) is 10.1 Å². The van der Waals surface area contributed by atoms with E-state index in [1.807, 2.05) is 0 Å². The fourth-order valence-electron chi connectivity index (χ4n) is 3.74. The highest BCUT2D eigenvalue weighted by atomic mass is 28.3. The summed E-state index contributed by atoms with van der Waals surface area (Å²) in [6, 6.07) is 0. The minimum absolute atomic E-state index is 0.443. The summed E-state index contributed by atoms with van der Waals surface area (Å²) in [6.45, 7) is 9.69. The van der Waals surface area contributed by atoms with Crippen LogP contribution in [0.4, 0.5) is 0 Å². The number of nitrogens with one attached hydrogen (secondary N) is 2. The lowest BCUT2D eigenvalue weighted by molar-refractivity contribution is 0.386. The fourth-order valence-corrected chi connectivity index (χ4v) is 9.63. The highest BCUT2D eigenvalue weighted by Gasteiger charge is 2.58. The fraction of sp³-hybridized carbons (Fsp3) is 1.00. The van der Waals surface area contributed by atoms with Crippen molar-refractivity contribution in [2.24, 2.45) is 0 Å².